The van der Waals surface area contributed by atoms with Gasteiger partial charge in [-0.25, -0.2) is 0 Å². The summed E-state index contributed by atoms with van der Waals surface area (Å²) >= 11 is 0. The Balaban J connectivity index is 1.20. The molecule has 2 saturated heterocycles. The van der Waals surface area contributed by atoms with Crippen LogP contribution in [0.4, 0.5) is 0 Å². The Labute approximate surface area is 262 Å². The highest BCUT2D eigenvalue weighted by atomic mass is 16.7. The van der Waals surface area contributed by atoms with Crippen molar-refractivity contribution < 1.29 is 64.6 Å². The Bertz CT molecular complexity index is 1150. The van der Waals surface area contributed by atoms with E-state index in [9.17, 15) is 45.6 Å². The number of carbonyl (C=O) groups excluding carboxylic acids is 1. The van der Waals surface area contributed by atoms with E-state index in [4.69, 9.17) is 18.9 Å². The summed E-state index contributed by atoms with van der Waals surface area (Å²) in [5.41, 5.74) is -1.20. The van der Waals surface area contributed by atoms with E-state index in [0.29, 0.717) is 25.7 Å². The van der Waals surface area contributed by atoms with Gasteiger partial charge in [0.1, 0.15) is 48.8 Å². The van der Waals surface area contributed by atoms with Gasteiger partial charge in [-0.15, -0.1) is 0 Å². The van der Waals surface area contributed by atoms with Crippen LogP contribution in [-0.2, 0) is 23.7 Å². The van der Waals surface area contributed by atoms with Crippen LogP contribution < -0.4 is 0 Å². The van der Waals surface area contributed by atoms with Gasteiger partial charge in [0.05, 0.1) is 24.2 Å². The van der Waals surface area contributed by atoms with E-state index in [-0.39, 0.29) is 22.7 Å². The number of aliphatic hydroxyl groups is 8. The van der Waals surface area contributed by atoms with Crippen LogP contribution in [0, 0.1) is 28.1 Å². The minimum Gasteiger partial charge on any atom is -0.432 e. The summed E-state index contributed by atoms with van der Waals surface area (Å²) in [4.78, 5) is 13.9. The van der Waals surface area contributed by atoms with Crippen molar-refractivity contribution in [1.82, 2.24) is 0 Å². The number of hydrogen-bond donors (Lipinski definition) is 8. The lowest BCUT2D eigenvalue weighted by Crippen LogP contribution is -2.63. The topological polar surface area (TPSA) is 216 Å². The Morgan fingerprint density at radius 3 is 2.00 bits per heavy atom. The lowest BCUT2D eigenvalue weighted by molar-refractivity contribution is -0.327. The van der Waals surface area contributed by atoms with Crippen LogP contribution in [0.5, 0.6) is 0 Å². The molecule has 16 atom stereocenters. The minimum absolute atomic E-state index is 0.0421. The largest absolute Gasteiger partial charge is 0.432 e. The maximum atomic E-state index is 13.9. The first-order valence-electron chi connectivity index (χ1n) is 16.3. The molecule has 4 saturated carbocycles. The normalized spacial score (nSPS) is 54.7. The third kappa shape index (κ3) is 5.04. The molecule has 256 valence electrons. The monoisotopic (exact) mass is 642 g/mol. The van der Waals surface area contributed by atoms with Crippen LogP contribution in [0.3, 0.4) is 0 Å². The summed E-state index contributed by atoms with van der Waals surface area (Å²) < 4.78 is 23.4. The molecular formula is C32H50O13. The Morgan fingerprint density at radius 1 is 0.800 bits per heavy atom. The van der Waals surface area contributed by atoms with Gasteiger partial charge in [0.15, 0.2) is 6.29 Å². The molecule has 0 aromatic rings. The molecule has 6 aliphatic rings. The molecule has 0 aromatic heterocycles. The van der Waals surface area contributed by atoms with Crippen LogP contribution in [0.15, 0.2) is 12.2 Å². The molecule has 1 spiro atoms. The zero-order valence-corrected chi connectivity index (χ0v) is 26.0. The van der Waals surface area contributed by atoms with Crippen molar-refractivity contribution >= 4 is 5.97 Å². The second kappa shape index (κ2) is 11.7. The number of hydrogen-bond acceptors (Lipinski definition) is 13. The predicted molar refractivity (Wildman–Crippen MR) is 154 cm³/mol. The maximum Gasteiger partial charge on any atom is 0.314 e. The SMILES string of the molecule is C=C1CC23CC[C@@H]4[C@](C)(C(=O)O[C@@H]5O[C@H](CO)[C@@H](O)[C@H](O)[C@H]5O)CCC[C@@]4(C)C2CC[C@]1(O[C@@H]1O[C@H](CO)[C@@H](O)[C@H](O)[C@H]1O)C3. The van der Waals surface area contributed by atoms with Gasteiger partial charge in [0.25, 0.3) is 0 Å². The van der Waals surface area contributed by atoms with E-state index < -0.39 is 91.6 Å². The van der Waals surface area contributed by atoms with E-state index >= 15 is 0 Å². The van der Waals surface area contributed by atoms with Crippen molar-refractivity contribution in [3.63, 3.8) is 0 Å². The van der Waals surface area contributed by atoms with E-state index in [1.165, 1.54) is 0 Å². The van der Waals surface area contributed by atoms with Crippen LogP contribution in [0.25, 0.3) is 0 Å². The van der Waals surface area contributed by atoms with E-state index in [1.54, 1.807) is 0 Å². The molecule has 0 amide bonds. The summed E-state index contributed by atoms with van der Waals surface area (Å²) in [5, 5.41) is 81.4. The molecule has 8 N–H and O–H groups in total. The van der Waals surface area contributed by atoms with Crippen LogP contribution in [-0.4, -0.2) is 127 Å². The summed E-state index contributed by atoms with van der Waals surface area (Å²) in [6.07, 6.45) is -7.82. The summed E-state index contributed by atoms with van der Waals surface area (Å²) in [6.45, 7) is 7.41. The lowest BCUT2D eigenvalue weighted by Gasteiger charge is -2.64. The fraction of sp³-hybridized carbons (Fsp3) is 0.906. The number of ether oxygens (including phenoxy) is 4. The van der Waals surface area contributed by atoms with Crippen molar-refractivity contribution in [2.45, 2.75) is 139 Å². The minimum atomic E-state index is -1.67. The predicted octanol–water partition coefficient (Wildman–Crippen LogP) is -0.762. The van der Waals surface area contributed by atoms with Gasteiger partial charge in [-0.2, -0.15) is 0 Å². The molecule has 4 aliphatic carbocycles. The fourth-order valence-corrected chi connectivity index (χ4v) is 10.5. The molecule has 0 aromatic carbocycles. The van der Waals surface area contributed by atoms with Crippen molar-refractivity contribution in [1.29, 1.82) is 0 Å². The van der Waals surface area contributed by atoms with Crippen LogP contribution in [0.2, 0.25) is 0 Å². The molecular weight excluding hydrogens is 592 g/mol. The summed E-state index contributed by atoms with van der Waals surface area (Å²) in [6, 6.07) is 0. The summed E-state index contributed by atoms with van der Waals surface area (Å²) in [5.74, 6) is -0.348. The molecule has 45 heavy (non-hydrogen) atoms. The van der Waals surface area contributed by atoms with E-state index in [2.05, 4.69) is 13.5 Å². The third-order valence-electron chi connectivity index (χ3n) is 12.9. The molecule has 2 heterocycles. The molecule has 13 heteroatoms. The second-order valence-electron chi connectivity index (χ2n) is 15.2. The van der Waals surface area contributed by atoms with E-state index in [1.807, 2.05) is 6.92 Å². The fourth-order valence-electron chi connectivity index (χ4n) is 10.5. The number of rotatable bonds is 6. The molecule has 6 rings (SSSR count). The first-order valence-corrected chi connectivity index (χ1v) is 16.3. The van der Waals surface area contributed by atoms with E-state index in [0.717, 1.165) is 37.7 Å². The first kappa shape index (κ1) is 33.7. The quantitative estimate of drug-likeness (QED) is 0.102. The number of fused-ring (bicyclic) bond motifs is 3. The van der Waals surface area contributed by atoms with Crippen molar-refractivity contribution in [3.8, 4) is 0 Å². The number of aliphatic hydroxyl groups excluding tert-OH is 8. The molecule has 2 unspecified atom stereocenters. The van der Waals surface area contributed by atoms with Gasteiger partial charge < -0.3 is 59.8 Å². The maximum absolute atomic E-state index is 13.9. The standard InChI is InChI=1S/C32H50O13/c1-15-11-31-9-5-18-29(2,7-4-8-30(18,3)28(41)44-26-24(39)22(37)20(35)16(12-33)42-26)19(31)6-10-32(15,14-31)45-27-25(40)23(38)21(36)17(13-34)43-27/h16-27,33-40H,1,4-14H2,2-3H3/t16-,17-,18+,19?,20-,21-,22+,23+,24-,25-,26+,27+,29-,30-,31?,32+/m1/s1. The smallest absolute Gasteiger partial charge is 0.314 e. The zero-order chi connectivity index (χ0) is 32.7. The molecule has 2 aliphatic heterocycles. The highest BCUT2D eigenvalue weighted by molar-refractivity contribution is 5.77. The Kier molecular flexibility index (Phi) is 8.77. The highest BCUT2D eigenvalue weighted by Crippen LogP contribution is 2.73. The molecule has 6 fully saturated rings. The first-order chi connectivity index (χ1) is 21.2. The molecule has 13 nitrogen and oxygen atoms in total. The third-order valence-corrected chi connectivity index (χ3v) is 12.9. The van der Waals surface area contributed by atoms with Gasteiger partial charge in [0, 0.05) is 0 Å². The lowest BCUT2D eigenvalue weighted by atomic mass is 9.41. The summed E-state index contributed by atoms with van der Waals surface area (Å²) in [7, 11) is 0. The van der Waals surface area contributed by atoms with Crippen LogP contribution in [0.1, 0.15) is 71.6 Å². The van der Waals surface area contributed by atoms with Crippen LogP contribution >= 0.6 is 0 Å². The van der Waals surface area contributed by atoms with Gasteiger partial charge >= 0.3 is 5.97 Å². The van der Waals surface area contributed by atoms with Gasteiger partial charge in [0.2, 0.25) is 6.29 Å². The zero-order valence-electron chi connectivity index (χ0n) is 26.0. The Hall–Kier alpha value is -1.23. The van der Waals surface area contributed by atoms with Crippen molar-refractivity contribution in [3.05, 3.63) is 12.2 Å². The van der Waals surface area contributed by atoms with Gasteiger partial charge in [-0.3, -0.25) is 4.79 Å². The average molecular weight is 643 g/mol. The number of esters is 1. The number of carbonyl (C=O) groups is 1. The van der Waals surface area contributed by atoms with Gasteiger partial charge in [-0.05, 0) is 86.5 Å². The average Bonchev–Trinajstić information content (AvgIpc) is 3.20. The molecule has 0 radical (unpaired) electrons. The van der Waals surface area contributed by atoms with Crippen molar-refractivity contribution in [2.24, 2.45) is 28.1 Å². The second-order valence-corrected chi connectivity index (χ2v) is 15.2. The Morgan fingerprint density at radius 2 is 1.38 bits per heavy atom. The van der Waals surface area contributed by atoms with Gasteiger partial charge in [-0.1, -0.05) is 19.9 Å². The highest BCUT2D eigenvalue weighted by Gasteiger charge is 2.69. The molecule has 2 bridgehead atoms. The van der Waals surface area contributed by atoms with Crippen molar-refractivity contribution in [2.75, 3.05) is 13.2 Å².